The number of nitrogens with two attached hydrogens (primary N) is 1. The van der Waals surface area contributed by atoms with Crippen LogP contribution < -0.4 is 5.73 Å². The van der Waals surface area contributed by atoms with Crippen molar-refractivity contribution in [3.63, 3.8) is 0 Å². The molecule has 0 heterocycles. The van der Waals surface area contributed by atoms with Gasteiger partial charge < -0.3 is 10.5 Å². The molecule has 88 valence electrons. The third-order valence-electron chi connectivity index (χ3n) is 2.79. The summed E-state index contributed by atoms with van der Waals surface area (Å²) < 4.78 is 18.2. The molecule has 2 rings (SSSR count). The highest BCUT2D eigenvalue weighted by Gasteiger charge is 2.21. The quantitative estimate of drug-likeness (QED) is 0.801. The first-order valence-corrected chi connectivity index (χ1v) is 5.82. The predicted molar refractivity (Wildman–Crippen MR) is 61.6 cm³/mol. The molecule has 1 fully saturated rings. The van der Waals surface area contributed by atoms with Crippen LogP contribution in [0.2, 0.25) is 0 Å². The van der Waals surface area contributed by atoms with Crippen molar-refractivity contribution in [3.05, 3.63) is 35.6 Å². The topological polar surface area (TPSA) is 35.2 Å². The Morgan fingerprint density at radius 3 is 2.62 bits per heavy atom. The first-order valence-electron chi connectivity index (χ1n) is 5.82. The Kier molecular flexibility index (Phi) is 3.91. The van der Waals surface area contributed by atoms with Gasteiger partial charge in [-0.3, -0.25) is 0 Å². The number of hydrogen-bond donors (Lipinski definition) is 1. The van der Waals surface area contributed by atoms with E-state index >= 15 is 0 Å². The van der Waals surface area contributed by atoms with Gasteiger partial charge >= 0.3 is 0 Å². The number of halogens is 1. The number of benzene rings is 1. The molecule has 0 amide bonds. The molecular weight excluding hydrogens is 205 g/mol. The van der Waals surface area contributed by atoms with Crippen molar-refractivity contribution >= 4 is 0 Å². The van der Waals surface area contributed by atoms with E-state index < -0.39 is 0 Å². The molecule has 3 heteroatoms. The zero-order valence-corrected chi connectivity index (χ0v) is 9.36. The summed E-state index contributed by atoms with van der Waals surface area (Å²) in [5.41, 5.74) is 6.99. The van der Waals surface area contributed by atoms with Crippen LogP contribution in [0.4, 0.5) is 4.39 Å². The maximum Gasteiger partial charge on any atom is 0.123 e. The molecule has 1 aliphatic carbocycles. The highest BCUT2D eigenvalue weighted by molar-refractivity contribution is 5.17. The Balaban J connectivity index is 1.68. The van der Waals surface area contributed by atoms with Crippen molar-refractivity contribution in [2.75, 3.05) is 13.2 Å². The van der Waals surface area contributed by atoms with Gasteiger partial charge in [0, 0.05) is 12.6 Å². The number of ether oxygens (including phenoxy) is 1. The zero-order valence-electron chi connectivity index (χ0n) is 9.36. The SMILES string of the molecule is NC(COCC1CC1)Cc1ccc(F)cc1. The van der Waals surface area contributed by atoms with Gasteiger partial charge in [0.05, 0.1) is 6.61 Å². The number of rotatable bonds is 6. The minimum Gasteiger partial charge on any atom is -0.380 e. The Morgan fingerprint density at radius 1 is 1.31 bits per heavy atom. The van der Waals surface area contributed by atoms with E-state index in [4.69, 9.17) is 10.5 Å². The predicted octanol–water partition coefficient (Wildman–Crippen LogP) is 2.12. The summed E-state index contributed by atoms with van der Waals surface area (Å²) in [6.45, 7) is 1.44. The highest BCUT2D eigenvalue weighted by atomic mass is 19.1. The summed E-state index contributed by atoms with van der Waals surface area (Å²) >= 11 is 0. The van der Waals surface area contributed by atoms with E-state index in [9.17, 15) is 4.39 Å². The second kappa shape index (κ2) is 5.41. The smallest absolute Gasteiger partial charge is 0.123 e. The van der Waals surface area contributed by atoms with Crippen LogP contribution in [0, 0.1) is 11.7 Å². The van der Waals surface area contributed by atoms with E-state index in [2.05, 4.69) is 0 Å². The lowest BCUT2D eigenvalue weighted by Gasteiger charge is -2.12. The molecule has 0 aliphatic heterocycles. The van der Waals surface area contributed by atoms with Gasteiger partial charge in [0.25, 0.3) is 0 Å². The Bertz CT molecular complexity index is 321. The lowest BCUT2D eigenvalue weighted by molar-refractivity contribution is 0.112. The molecule has 0 spiro atoms. The van der Waals surface area contributed by atoms with Crippen molar-refractivity contribution in [1.29, 1.82) is 0 Å². The minimum absolute atomic E-state index is 0.00390. The monoisotopic (exact) mass is 223 g/mol. The molecule has 1 saturated carbocycles. The van der Waals surface area contributed by atoms with Crippen LogP contribution in [-0.2, 0) is 11.2 Å². The maximum atomic E-state index is 12.7. The van der Waals surface area contributed by atoms with E-state index in [-0.39, 0.29) is 11.9 Å². The average Bonchev–Trinajstić information content (AvgIpc) is 3.05. The van der Waals surface area contributed by atoms with Crippen LogP contribution in [0.5, 0.6) is 0 Å². The lowest BCUT2D eigenvalue weighted by Crippen LogP contribution is -2.29. The maximum absolute atomic E-state index is 12.7. The van der Waals surface area contributed by atoms with Crippen molar-refractivity contribution in [1.82, 2.24) is 0 Å². The van der Waals surface area contributed by atoms with Crippen LogP contribution in [0.25, 0.3) is 0 Å². The summed E-state index contributed by atoms with van der Waals surface area (Å²) in [7, 11) is 0. The zero-order chi connectivity index (χ0) is 11.4. The Hall–Kier alpha value is -0.930. The van der Waals surface area contributed by atoms with Crippen molar-refractivity contribution in [3.8, 4) is 0 Å². The molecule has 1 aromatic rings. The summed E-state index contributed by atoms with van der Waals surface area (Å²) in [4.78, 5) is 0. The fourth-order valence-electron chi connectivity index (χ4n) is 1.65. The second-order valence-corrected chi connectivity index (χ2v) is 4.57. The fraction of sp³-hybridized carbons (Fsp3) is 0.538. The van der Waals surface area contributed by atoms with E-state index in [1.165, 1.54) is 25.0 Å². The minimum atomic E-state index is -0.206. The van der Waals surface area contributed by atoms with Gasteiger partial charge in [0.2, 0.25) is 0 Å². The van der Waals surface area contributed by atoms with Gasteiger partial charge in [0.1, 0.15) is 5.82 Å². The molecule has 0 saturated heterocycles. The van der Waals surface area contributed by atoms with Crippen LogP contribution >= 0.6 is 0 Å². The van der Waals surface area contributed by atoms with Crippen molar-refractivity contribution in [2.24, 2.45) is 11.7 Å². The van der Waals surface area contributed by atoms with Crippen LogP contribution in [0.3, 0.4) is 0 Å². The third kappa shape index (κ3) is 3.91. The molecule has 1 atom stereocenters. The van der Waals surface area contributed by atoms with Gasteiger partial charge in [-0.15, -0.1) is 0 Å². The Labute approximate surface area is 95.6 Å². The molecule has 0 aromatic heterocycles. The summed E-state index contributed by atoms with van der Waals surface area (Å²) in [5.74, 6) is 0.570. The summed E-state index contributed by atoms with van der Waals surface area (Å²) in [6.07, 6.45) is 3.34. The molecule has 1 aliphatic rings. The van der Waals surface area contributed by atoms with E-state index in [1.807, 2.05) is 0 Å². The lowest BCUT2D eigenvalue weighted by atomic mass is 10.1. The number of hydrogen-bond acceptors (Lipinski definition) is 2. The van der Waals surface area contributed by atoms with Gasteiger partial charge in [-0.2, -0.15) is 0 Å². The van der Waals surface area contributed by atoms with E-state index in [0.29, 0.717) is 6.61 Å². The van der Waals surface area contributed by atoms with E-state index in [1.54, 1.807) is 12.1 Å². The molecule has 0 bridgehead atoms. The van der Waals surface area contributed by atoms with Crippen molar-refractivity contribution < 1.29 is 9.13 Å². The normalized spacial score (nSPS) is 17.4. The summed E-state index contributed by atoms with van der Waals surface area (Å²) in [6, 6.07) is 6.48. The van der Waals surface area contributed by atoms with Gasteiger partial charge in [0.15, 0.2) is 0 Å². The molecule has 2 nitrogen and oxygen atoms in total. The van der Waals surface area contributed by atoms with E-state index in [0.717, 1.165) is 24.5 Å². The summed E-state index contributed by atoms with van der Waals surface area (Å²) in [5, 5.41) is 0. The van der Waals surface area contributed by atoms with Crippen LogP contribution in [0.15, 0.2) is 24.3 Å². The first kappa shape index (κ1) is 11.6. The Morgan fingerprint density at radius 2 is 2.00 bits per heavy atom. The van der Waals surface area contributed by atoms with Crippen LogP contribution in [-0.4, -0.2) is 19.3 Å². The molecule has 1 aromatic carbocycles. The molecular formula is C13H18FNO. The first-order chi connectivity index (χ1) is 7.74. The highest BCUT2D eigenvalue weighted by Crippen LogP contribution is 2.28. The van der Waals surface area contributed by atoms with Crippen molar-refractivity contribution in [2.45, 2.75) is 25.3 Å². The van der Waals surface area contributed by atoms with Gasteiger partial charge in [-0.1, -0.05) is 12.1 Å². The molecule has 0 radical (unpaired) electrons. The standard InChI is InChI=1S/C13H18FNO/c14-12-5-3-10(4-6-12)7-13(15)9-16-8-11-1-2-11/h3-6,11,13H,1-2,7-9,15H2. The molecule has 2 N–H and O–H groups in total. The fourth-order valence-corrected chi connectivity index (χ4v) is 1.65. The van der Waals surface area contributed by atoms with Gasteiger partial charge in [-0.25, -0.2) is 4.39 Å². The molecule has 1 unspecified atom stereocenters. The second-order valence-electron chi connectivity index (χ2n) is 4.57. The average molecular weight is 223 g/mol. The third-order valence-corrected chi connectivity index (χ3v) is 2.79. The van der Waals surface area contributed by atoms with Crippen LogP contribution in [0.1, 0.15) is 18.4 Å². The molecule has 16 heavy (non-hydrogen) atoms. The van der Waals surface area contributed by atoms with Gasteiger partial charge in [-0.05, 0) is 42.9 Å². The largest absolute Gasteiger partial charge is 0.380 e.